The Morgan fingerprint density at radius 3 is 2.65 bits per heavy atom. The van der Waals surface area contributed by atoms with E-state index in [1.807, 2.05) is 32.0 Å². The number of hydrogen-bond acceptors (Lipinski definition) is 2. The molecule has 1 heterocycles. The van der Waals surface area contributed by atoms with Crippen molar-refractivity contribution in [2.45, 2.75) is 20.4 Å². The lowest BCUT2D eigenvalue weighted by atomic mass is 9.81. The summed E-state index contributed by atoms with van der Waals surface area (Å²) in [5.74, 6) is -0.482. The lowest BCUT2D eigenvalue weighted by molar-refractivity contribution is -0.149. The molecule has 0 spiro atoms. The first kappa shape index (κ1) is 12.1. The predicted octanol–water partition coefficient (Wildman–Crippen LogP) is 2.23. The normalized spacial score (nSPS) is 29.4. The van der Waals surface area contributed by atoms with Crippen LogP contribution in [0.4, 0.5) is 0 Å². The van der Waals surface area contributed by atoms with Gasteiger partial charge in [0.05, 0.1) is 5.41 Å². The Hall–Kier alpha value is -1.35. The van der Waals surface area contributed by atoms with E-state index in [-0.39, 0.29) is 5.92 Å². The highest BCUT2D eigenvalue weighted by Gasteiger charge is 2.46. The monoisotopic (exact) mass is 233 g/mol. The number of likely N-dealkylation sites (tertiary alicyclic amines) is 1. The van der Waals surface area contributed by atoms with Crippen LogP contribution in [0.25, 0.3) is 0 Å². The molecule has 2 atom stereocenters. The van der Waals surface area contributed by atoms with Gasteiger partial charge in [-0.05, 0) is 18.4 Å². The van der Waals surface area contributed by atoms with Crippen molar-refractivity contribution in [2.75, 3.05) is 13.1 Å². The van der Waals surface area contributed by atoms with Crippen LogP contribution in [0.15, 0.2) is 30.3 Å². The van der Waals surface area contributed by atoms with Crippen LogP contribution in [0.2, 0.25) is 0 Å². The van der Waals surface area contributed by atoms with E-state index in [1.54, 1.807) is 0 Å². The van der Waals surface area contributed by atoms with Crippen LogP contribution >= 0.6 is 0 Å². The molecule has 1 N–H and O–H groups in total. The maximum atomic E-state index is 11.3. The largest absolute Gasteiger partial charge is 0.481 e. The maximum Gasteiger partial charge on any atom is 0.310 e. The molecule has 2 rings (SSSR count). The van der Waals surface area contributed by atoms with E-state index in [0.717, 1.165) is 13.1 Å². The fourth-order valence-corrected chi connectivity index (χ4v) is 2.51. The summed E-state index contributed by atoms with van der Waals surface area (Å²) in [6, 6.07) is 10.2. The summed E-state index contributed by atoms with van der Waals surface area (Å²) in [5, 5.41) is 9.30. The van der Waals surface area contributed by atoms with Gasteiger partial charge in [-0.1, -0.05) is 37.3 Å². The van der Waals surface area contributed by atoms with E-state index in [9.17, 15) is 9.90 Å². The topological polar surface area (TPSA) is 40.5 Å². The lowest BCUT2D eigenvalue weighted by Crippen LogP contribution is -2.34. The summed E-state index contributed by atoms with van der Waals surface area (Å²) in [4.78, 5) is 13.5. The second-order valence-electron chi connectivity index (χ2n) is 5.28. The van der Waals surface area contributed by atoms with Crippen LogP contribution in [0.1, 0.15) is 19.4 Å². The second-order valence-corrected chi connectivity index (χ2v) is 5.28. The summed E-state index contributed by atoms with van der Waals surface area (Å²) in [5.41, 5.74) is 0.642. The summed E-state index contributed by atoms with van der Waals surface area (Å²) >= 11 is 0. The minimum atomic E-state index is -0.680. The summed E-state index contributed by atoms with van der Waals surface area (Å²) in [7, 11) is 0. The molecule has 1 aromatic rings. The van der Waals surface area contributed by atoms with Crippen molar-refractivity contribution in [2.24, 2.45) is 11.3 Å². The van der Waals surface area contributed by atoms with Gasteiger partial charge in [-0.2, -0.15) is 0 Å². The zero-order chi connectivity index (χ0) is 12.5. The van der Waals surface area contributed by atoms with E-state index in [1.165, 1.54) is 5.56 Å². The fraction of sp³-hybridized carbons (Fsp3) is 0.500. The third-order valence-electron chi connectivity index (χ3n) is 3.91. The molecule has 1 aromatic carbocycles. The van der Waals surface area contributed by atoms with Crippen molar-refractivity contribution in [3.63, 3.8) is 0 Å². The van der Waals surface area contributed by atoms with Gasteiger partial charge in [0.15, 0.2) is 0 Å². The van der Waals surface area contributed by atoms with Crippen molar-refractivity contribution in [3.8, 4) is 0 Å². The number of carbonyl (C=O) groups is 1. The molecule has 0 aromatic heterocycles. The highest BCUT2D eigenvalue weighted by molar-refractivity contribution is 5.75. The van der Waals surface area contributed by atoms with E-state index < -0.39 is 11.4 Å². The zero-order valence-electron chi connectivity index (χ0n) is 10.4. The third-order valence-corrected chi connectivity index (χ3v) is 3.91. The molecule has 1 aliphatic heterocycles. The molecule has 17 heavy (non-hydrogen) atoms. The molecule has 3 heteroatoms. The lowest BCUT2D eigenvalue weighted by Gasteiger charge is -2.22. The Balaban J connectivity index is 2.05. The van der Waals surface area contributed by atoms with Gasteiger partial charge >= 0.3 is 5.97 Å². The van der Waals surface area contributed by atoms with E-state index in [2.05, 4.69) is 17.0 Å². The molecule has 3 nitrogen and oxygen atoms in total. The number of rotatable bonds is 3. The highest BCUT2D eigenvalue weighted by Crippen LogP contribution is 2.36. The van der Waals surface area contributed by atoms with Crippen LogP contribution in [-0.4, -0.2) is 29.1 Å². The first-order chi connectivity index (χ1) is 8.02. The van der Waals surface area contributed by atoms with Crippen LogP contribution in [0.5, 0.6) is 0 Å². The predicted molar refractivity (Wildman–Crippen MR) is 66.6 cm³/mol. The average molecular weight is 233 g/mol. The number of benzene rings is 1. The second kappa shape index (κ2) is 4.49. The first-order valence-corrected chi connectivity index (χ1v) is 6.02. The molecular formula is C14H19NO2. The Kier molecular flexibility index (Phi) is 3.20. The van der Waals surface area contributed by atoms with Crippen LogP contribution in [0, 0.1) is 11.3 Å². The van der Waals surface area contributed by atoms with E-state index in [0.29, 0.717) is 6.54 Å². The van der Waals surface area contributed by atoms with Gasteiger partial charge in [0.1, 0.15) is 0 Å². The Morgan fingerprint density at radius 1 is 1.47 bits per heavy atom. The summed E-state index contributed by atoms with van der Waals surface area (Å²) in [6.45, 7) is 6.22. The zero-order valence-corrected chi connectivity index (χ0v) is 10.4. The molecule has 0 saturated carbocycles. The van der Waals surface area contributed by atoms with Gasteiger partial charge in [0.2, 0.25) is 0 Å². The molecule has 92 valence electrons. The summed E-state index contributed by atoms with van der Waals surface area (Å²) < 4.78 is 0. The van der Waals surface area contributed by atoms with Gasteiger partial charge in [-0.25, -0.2) is 0 Å². The molecule has 0 amide bonds. The number of aliphatic carboxylic acids is 1. The smallest absolute Gasteiger partial charge is 0.310 e. The molecule has 1 aliphatic rings. The maximum absolute atomic E-state index is 11.3. The molecule has 1 saturated heterocycles. The fourth-order valence-electron chi connectivity index (χ4n) is 2.51. The van der Waals surface area contributed by atoms with Crippen molar-refractivity contribution in [1.82, 2.24) is 4.90 Å². The number of carboxylic acids is 1. The van der Waals surface area contributed by atoms with Crippen LogP contribution in [-0.2, 0) is 11.3 Å². The SMILES string of the molecule is C[C@H]1CN(Cc2ccccc2)C[C@]1(C)C(=O)O. The minimum Gasteiger partial charge on any atom is -0.481 e. The number of nitrogens with zero attached hydrogens (tertiary/aromatic N) is 1. The van der Waals surface area contributed by atoms with Crippen LogP contribution in [0.3, 0.4) is 0 Å². The molecule has 0 radical (unpaired) electrons. The molecule has 0 aliphatic carbocycles. The molecule has 0 unspecified atom stereocenters. The Bertz CT molecular complexity index is 404. The first-order valence-electron chi connectivity index (χ1n) is 6.02. The van der Waals surface area contributed by atoms with Crippen molar-refractivity contribution in [3.05, 3.63) is 35.9 Å². The number of hydrogen-bond donors (Lipinski definition) is 1. The van der Waals surface area contributed by atoms with Gasteiger partial charge in [-0.15, -0.1) is 0 Å². The molecular weight excluding hydrogens is 214 g/mol. The molecule has 0 bridgehead atoms. The average Bonchev–Trinajstić information content (AvgIpc) is 2.57. The standard InChI is InChI=1S/C14H19NO2/c1-11-8-15(10-14(11,2)13(16)17)9-12-6-4-3-5-7-12/h3-7,11H,8-10H2,1-2H3,(H,16,17)/t11-,14-/m0/s1. The van der Waals surface area contributed by atoms with Crippen molar-refractivity contribution >= 4 is 5.97 Å². The Labute approximate surface area is 102 Å². The van der Waals surface area contributed by atoms with Crippen molar-refractivity contribution < 1.29 is 9.90 Å². The van der Waals surface area contributed by atoms with Crippen molar-refractivity contribution in [1.29, 1.82) is 0 Å². The minimum absolute atomic E-state index is 0.198. The Morgan fingerprint density at radius 2 is 2.12 bits per heavy atom. The molecule has 1 fully saturated rings. The quantitative estimate of drug-likeness (QED) is 0.870. The van der Waals surface area contributed by atoms with Gasteiger partial charge in [0.25, 0.3) is 0 Å². The van der Waals surface area contributed by atoms with Gasteiger partial charge in [-0.3, -0.25) is 9.69 Å². The summed E-state index contributed by atoms with van der Waals surface area (Å²) in [6.07, 6.45) is 0. The van der Waals surface area contributed by atoms with Gasteiger partial charge in [0, 0.05) is 19.6 Å². The highest BCUT2D eigenvalue weighted by atomic mass is 16.4. The van der Waals surface area contributed by atoms with E-state index in [4.69, 9.17) is 0 Å². The van der Waals surface area contributed by atoms with E-state index >= 15 is 0 Å². The number of carboxylic acid groups (broad SMARTS) is 1. The van der Waals surface area contributed by atoms with Crippen LogP contribution < -0.4 is 0 Å². The van der Waals surface area contributed by atoms with Gasteiger partial charge < -0.3 is 5.11 Å². The third kappa shape index (κ3) is 2.34.